The van der Waals surface area contributed by atoms with E-state index in [0.29, 0.717) is 30.2 Å². The number of carbonyl (C=O) groups excluding carboxylic acids is 1. The fourth-order valence-corrected chi connectivity index (χ4v) is 5.16. The lowest BCUT2D eigenvalue weighted by Gasteiger charge is -2.39. The van der Waals surface area contributed by atoms with E-state index in [0.717, 1.165) is 45.1 Å². The molecule has 4 rings (SSSR count). The minimum Gasteiger partial charge on any atom is -0.332 e. The van der Waals surface area contributed by atoms with Crippen LogP contribution >= 0.6 is 0 Å². The normalized spacial score (nSPS) is 27.3. The highest BCUT2D eigenvalue weighted by Gasteiger charge is 2.40. The predicted molar refractivity (Wildman–Crippen MR) is 107 cm³/mol. The molecule has 27 heavy (non-hydrogen) atoms. The van der Waals surface area contributed by atoms with E-state index in [4.69, 9.17) is 9.97 Å². The molecule has 3 aliphatic heterocycles. The fraction of sp³-hybridized carbons (Fsp3) is 0.762. The molecule has 0 N–H and O–H groups in total. The summed E-state index contributed by atoms with van der Waals surface area (Å²) in [5.74, 6) is 1.81. The molecule has 1 aromatic heterocycles. The number of likely N-dealkylation sites (tertiary alicyclic amines) is 2. The molecule has 0 spiro atoms. The average molecular weight is 372 g/mol. The van der Waals surface area contributed by atoms with Gasteiger partial charge in [0.15, 0.2) is 0 Å². The number of ketones is 1. The molecule has 2 unspecified atom stereocenters. The van der Waals surface area contributed by atoms with Crippen molar-refractivity contribution in [2.45, 2.75) is 63.5 Å². The summed E-state index contributed by atoms with van der Waals surface area (Å²) in [6.07, 6.45) is 10.7. The second kappa shape index (κ2) is 8.23. The molecule has 0 aliphatic carbocycles. The van der Waals surface area contributed by atoms with Crippen LogP contribution in [0.15, 0.2) is 12.4 Å². The Bertz CT molecular complexity index is 626. The largest absolute Gasteiger partial charge is 0.332 e. The molecule has 3 fully saturated rings. The molecule has 0 saturated carbocycles. The first-order valence-electron chi connectivity index (χ1n) is 10.6. The first-order chi connectivity index (χ1) is 13.1. The quantitative estimate of drug-likeness (QED) is 0.765. The molecule has 2 bridgehead atoms. The molecule has 148 valence electrons. The number of hydrogen-bond donors (Lipinski definition) is 0. The Morgan fingerprint density at radius 1 is 1.07 bits per heavy atom. The van der Waals surface area contributed by atoms with Crippen molar-refractivity contribution in [2.24, 2.45) is 0 Å². The second-order valence-corrected chi connectivity index (χ2v) is 8.75. The highest BCUT2D eigenvalue weighted by Crippen LogP contribution is 2.33. The van der Waals surface area contributed by atoms with Crippen LogP contribution in [0.4, 0.5) is 5.95 Å². The van der Waals surface area contributed by atoms with E-state index in [1.54, 1.807) is 6.92 Å². The van der Waals surface area contributed by atoms with Gasteiger partial charge >= 0.3 is 0 Å². The van der Waals surface area contributed by atoms with Crippen molar-refractivity contribution in [3.8, 4) is 0 Å². The summed E-state index contributed by atoms with van der Waals surface area (Å²) in [5, 5.41) is 0. The average Bonchev–Trinajstić information content (AvgIpc) is 2.93. The summed E-state index contributed by atoms with van der Waals surface area (Å²) in [5.41, 5.74) is 1.30. The molecule has 3 aliphatic rings. The predicted octanol–water partition coefficient (Wildman–Crippen LogP) is 2.31. The molecule has 0 aromatic carbocycles. The van der Waals surface area contributed by atoms with Crippen LogP contribution in [-0.2, 0) is 4.79 Å². The van der Waals surface area contributed by atoms with Gasteiger partial charge in [0.1, 0.15) is 5.78 Å². The standard InChI is InChI=1S/C21H33N5O/c1-16(27)4-3-9-25-10-7-17(8-11-25)18-12-22-21(23-13-18)26-19-5-6-20(26)15-24(2)14-19/h12-13,17,19-20H,3-11,14-15H2,1-2H3. The lowest BCUT2D eigenvalue weighted by atomic mass is 9.91. The molecule has 6 heteroatoms. The van der Waals surface area contributed by atoms with Crippen LogP contribution in [0.1, 0.15) is 56.9 Å². The van der Waals surface area contributed by atoms with Gasteiger partial charge in [-0.15, -0.1) is 0 Å². The number of likely N-dealkylation sites (N-methyl/N-ethyl adjacent to an activating group) is 1. The summed E-state index contributed by atoms with van der Waals surface area (Å²) in [6.45, 7) is 7.23. The smallest absolute Gasteiger partial charge is 0.225 e. The number of fused-ring (bicyclic) bond motifs is 2. The van der Waals surface area contributed by atoms with Crippen molar-refractivity contribution >= 4 is 11.7 Å². The van der Waals surface area contributed by atoms with Gasteiger partial charge in [-0.2, -0.15) is 0 Å². The minimum atomic E-state index is 0.302. The zero-order chi connectivity index (χ0) is 18.8. The van der Waals surface area contributed by atoms with Crippen molar-refractivity contribution in [1.82, 2.24) is 19.8 Å². The Morgan fingerprint density at radius 2 is 1.70 bits per heavy atom. The van der Waals surface area contributed by atoms with E-state index in [2.05, 4.69) is 34.1 Å². The van der Waals surface area contributed by atoms with E-state index in [1.807, 2.05) is 0 Å². The van der Waals surface area contributed by atoms with Gasteiger partial charge in [-0.05, 0) is 77.2 Å². The first kappa shape index (κ1) is 18.8. The zero-order valence-corrected chi connectivity index (χ0v) is 16.8. The number of rotatable bonds is 6. The van der Waals surface area contributed by atoms with Gasteiger partial charge < -0.3 is 19.5 Å². The van der Waals surface area contributed by atoms with Gasteiger partial charge in [0.25, 0.3) is 0 Å². The minimum absolute atomic E-state index is 0.302. The third-order valence-electron chi connectivity index (χ3n) is 6.62. The lowest BCUT2D eigenvalue weighted by molar-refractivity contribution is -0.117. The zero-order valence-electron chi connectivity index (χ0n) is 16.8. The number of aromatic nitrogens is 2. The summed E-state index contributed by atoms with van der Waals surface area (Å²) in [4.78, 5) is 28.1. The number of piperidine rings is 1. The van der Waals surface area contributed by atoms with Crippen molar-refractivity contribution in [3.05, 3.63) is 18.0 Å². The van der Waals surface area contributed by atoms with E-state index in [-0.39, 0.29) is 0 Å². The van der Waals surface area contributed by atoms with Crippen molar-refractivity contribution in [2.75, 3.05) is 44.7 Å². The maximum Gasteiger partial charge on any atom is 0.225 e. The van der Waals surface area contributed by atoms with Crippen LogP contribution in [0.3, 0.4) is 0 Å². The van der Waals surface area contributed by atoms with Crippen LogP contribution in [0, 0.1) is 0 Å². The third kappa shape index (κ3) is 4.32. The number of hydrogen-bond acceptors (Lipinski definition) is 6. The molecule has 2 atom stereocenters. The number of anilines is 1. The highest BCUT2D eigenvalue weighted by molar-refractivity contribution is 5.75. The Balaban J connectivity index is 1.31. The van der Waals surface area contributed by atoms with Gasteiger partial charge in [-0.25, -0.2) is 9.97 Å². The first-order valence-corrected chi connectivity index (χ1v) is 10.6. The fourth-order valence-electron chi connectivity index (χ4n) is 5.16. The topological polar surface area (TPSA) is 52.6 Å². The van der Waals surface area contributed by atoms with Crippen molar-refractivity contribution < 1.29 is 4.79 Å². The van der Waals surface area contributed by atoms with E-state index in [1.165, 1.54) is 31.2 Å². The van der Waals surface area contributed by atoms with Crippen LogP contribution in [-0.4, -0.2) is 77.4 Å². The maximum absolute atomic E-state index is 11.1. The van der Waals surface area contributed by atoms with Crippen molar-refractivity contribution in [3.63, 3.8) is 0 Å². The highest BCUT2D eigenvalue weighted by atomic mass is 16.1. The number of nitrogens with zero attached hydrogens (tertiary/aromatic N) is 5. The van der Waals surface area contributed by atoms with E-state index in [9.17, 15) is 4.79 Å². The van der Waals surface area contributed by atoms with Gasteiger partial charge in [-0.3, -0.25) is 0 Å². The Kier molecular flexibility index (Phi) is 5.74. The van der Waals surface area contributed by atoms with E-state index >= 15 is 0 Å². The maximum atomic E-state index is 11.1. The molecule has 4 heterocycles. The van der Waals surface area contributed by atoms with Crippen LogP contribution in [0.2, 0.25) is 0 Å². The molecular formula is C21H33N5O. The monoisotopic (exact) mass is 371 g/mol. The Morgan fingerprint density at radius 3 is 2.30 bits per heavy atom. The lowest BCUT2D eigenvalue weighted by Crippen LogP contribution is -2.53. The van der Waals surface area contributed by atoms with Gasteiger partial charge in [-0.1, -0.05) is 0 Å². The number of piperazine rings is 1. The molecular weight excluding hydrogens is 338 g/mol. The molecule has 1 aromatic rings. The van der Waals surface area contributed by atoms with Crippen LogP contribution in [0.25, 0.3) is 0 Å². The number of carbonyl (C=O) groups is 1. The summed E-state index contributed by atoms with van der Waals surface area (Å²) < 4.78 is 0. The third-order valence-corrected chi connectivity index (χ3v) is 6.62. The summed E-state index contributed by atoms with van der Waals surface area (Å²) in [6, 6.07) is 1.16. The Labute approximate surface area is 162 Å². The van der Waals surface area contributed by atoms with Crippen LogP contribution < -0.4 is 4.90 Å². The van der Waals surface area contributed by atoms with Gasteiger partial charge in [0, 0.05) is 44.0 Å². The Hall–Kier alpha value is -1.53. The second-order valence-electron chi connectivity index (χ2n) is 8.75. The molecule has 0 amide bonds. The van der Waals surface area contributed by atoms with Gasteiger partial charge in [0.2, 0.25) is 5.95 Å². The number of Topliss-reactive ketones (excluding diaryl/α,β-unsaturated/α-hetero) is 1. The van der Waals surface area contributed by atoms with Crippen LogP contribution in [0.5, 0.6) is 0 Å². The van der Waals surface area contributed by atoms with E-state index < -0.39 is 0 Å². The summed E-state index contributed by atoms with van der Waals surface area (Å²) in [7, 11) is 2.22. The SMILES string of the molecule is CC(=O)CCCN1CCC(c2cnc(N3C4CCC3CN(C)C4)nc2)CC1. The molecule has 6 nitrogen and oxygen atoms in total. The summed E-state index contributed by atoms with van der Waals surface area (Å²) >= 11 is 0. The molecule has 3 saturated heterocycles. The molecule has 0 radical (unpaired) electrons. The van der Waals surface area contributed by atoms with Crippen molar-refractivity contribution in [1.29, 1.82) is 0 Å². The van der Waals surface area contributed by atoms with Gasteiger partial charge in [0.05, 0.1) is 0 Å².